The molecule has 4 nitrogen and oxygen atoms in total. The van der Waals surface area contributed by atoms with Crippen molar-refractivity contribution in [3.05, 3.63) is 17.2 Å². The molecule has 1 aromatic rings. The fraction of sp³-hybridized carbons (Fsp3) is 0.700. The largest absolute Gasteiger partial charge is 0.381 e. The third kappa shape index (κ3) is 1.81. The van der Waals surface area contributed by atoms with E-state index in [-0.39, 0.29) is 0 Å². The maximum atomic E-state index is 5.51. The Kier molecular flexibility index (Phi) is 2.84. The van der Waals surface area contributed by atoms with Gasteiger partial charge in [0.25, 0.3) is 0 Å². The van der Waals surface area contributed by atoms with E-state index < -0.39 is 0 Å². The second-order valence-corrected chi connectivity index (χ2v) is 3.79. The fourth-order valence-corrected chi connectivity index (χ4v) is 1.85. The van der Waals surface area contributed by atoms with Crippen molar-refractivity contribution in [2.45, 2.75) is 25.7 Å². The second-order valence-electron chi connectivity index (χ2n) is 3.79. The number of hydrogen-bond acceptors (Lipinski definition) is 3. The summed E-state index contributed by atoms with van der Waals surface area (Å²) in [7, 11) is 0. The van der Waals surface area contributed by atoms with Crippen LogP contribution in [0.2, 0.25) is 0 Å². The molecule has 1 fully saturated rings. The van der Waals surface area contributed by atoms with E-state index in [9.17, 15) is 0 Å². The molecule has 0 spiro atoms. The van der Waals surface area contributed by atoms with Gasteiger partial charge in [-0.05, 0) is 19.9 Å². The van der Waals surface area contributed by atoms with Crippen molar-refractivity contribution < 1.29 is 4.74 Å². The number of nitrogens with zero attached hydrogens (tertiary/aromatic N) is 1. The summed E-state index contributed by atoms with van der Waals surface area (Å²) in [5, 5.41) is 0. The van der Waals surface area contributed by atoms with Crippen molar-refractivity contribution >= 4 is 0 Å². The van der Waals surface area contributed by atoms with Crippen LogP contribution in [0, 0.1) is 6.92 Å². The van der Waals surface area contributed by atoms with Crippen molar-refractivity contribution in [2.24, 2.45) is 5.73 Å². The highest BCUT2D eigenvalue weighted by Gasteiger charge is 2.21. The van der Waals surface area contributed by atoms with Gasteiger partial charge in [0.1, 0.15) is 5.82 Å². The lowest BCUT2D eigenvalue weighted by atomic mass is 10.1. The highest BCUT2D eigenvalue weighted by atomic mass is 16.5. The average molecular weight is 195 g/mol. The fourth-order valence-electron chi connectivity index (χ4n) is 1.85. The highest BCUT2D eigenvalue weighted by molar-refractivity contribution is 5.16. The normalized spacial score (nSPS) is 21.7. The van der Waals surface area contributed by atoms with Crippen molar-refractivity contribution in [2.75, 3.05) is 19.8 Å². The molecular weight excluding hydrogens is 178 g/mol. The molecule has 1 aliphatic rings. The summed E-state index contributed by atoms with van der Waals surface area (Å²) in [5.74, 6) is 1.53. The smallest absolute Gasteiger partial charge is 0.112 e. The highest BCUT2D eigenvalue weighted by Crippen LogP contribution is 2.23. The summed E-state index contributed by atoms with van der Waals surface area (Å²) >= 11 is 0. The first-order valence-corrected chi connectivity index (χ1v) is 5.14. The topological polar surface area (TPSA) is 63.9 Å². The molecule has 0 aliphatic carbocycles. The minimum atomic E-state index is 0.459. The Morgan fingerprint density at radius 1 is 1.64 bits per heavy atom. The number of aryl methyl sites for hydroxylation is 1. The van der Waals surface area contributed by atoms with Crippen LogP contribution in [0.4, 0.5) is 0 Å². The molecule has 1 atom stereocenters. The van der Waals surface area contributed by atoms with E-state index in [1.807, 2.05) is 0 Å². The predicted molar refractivity (Wildman–Crippen MR) is 54.3 cm³/mol. The minimum Gasteiger partial charge on any atom is -0.381 e. The summed E-state index contributed by atoms with van der Waals surface area (Å²) < 4.78 is 5.34. The zero-order chi connectivity index (χ0) is 9.97. The van der Waals surface area contributed by atoms with E-state index in [4.69, 9.17) is 10.5 Å². The van der Waals surface area contributed by atoms with Gasteiger partial charge in [0.05, 0.1) is 12.3 Å². The van der Waals surface area contributed by atoms with Crippen LogP contribution in [0.15, 0.2) is 0 Å². The molecule has 0 amide bonds. The maximum Gasteiger partial charge on any atom is 0.112 e. The molecule has 4 heteroatoms. The van der Waals surface area contributed by atoms with Crippen LogP contribution in [0.25, 0.3) is 0 Å². The molecule has 1 aliphatic heterocycles. The number of imidazole rings is 1. The molecule has 2 heterocycles. The van der Waals surface area contributed by atoms with Crippen LogP contribution < -0.4 is 5.73 Å². The summed E-state index contributed by atoms with van der Waals surface area (Å²) in [5.41, 5.74) is 7.77. The standard InChI is InChI=1S/C10H17N3O/c1-7-9(2-4-11)13-10(12-7)8-3-5-14-6-8/h8H,2-6,11H2,1H3,(H,12,13). The van der Waals surface area contributed by atoms with Gasteiger partial charge >= 0.3 is 0 Å². The quantitative estimate of drug-likeness (QED) is 0.747. The number of aromatic amines is 1. The Morgan fingerprint density at radius 3 is 3.14 bits per heavy atom. The lowest BCUT2D eigenvalue weighted by Crippen LogP contribution is -2.04. The first-order valence-electron chi connectivity index (χ1n) is 5.14. The number of H-pyrrole nitrogens is 1. The van der Waals surface area contributed by atoms with Gasteiger partial charge in [0, 0.05) is 24.6 Å². The van der Waals surface area contributed by atoms with Gasteiger partial charge in [-0.25, -0.2) is 4.98 Å². The zero-order valence-electron chi connectivity index (χ0n) is 8.55. The van der Waals surface area contributed by atoms with Gasteiger partial charge in [-0.2, -0.15) is 0 Å². The lowest BCUT2D eigenvalue weighted by molar-refractivity contribution is 0.193. The van der Waals surface area contributed by atoms with Crippen LogP contribution in [-0.2, 0) is 11.2 Å². The minimum absolute atomic E-state index is 0.459. The molecule has 3 N–H and O–H groups in total. The van der Waals surface area contributed by atoms with Crippen LogP contribution in [0.1, 0.15) is 29.6 Å². The van der Waals surface area contributed by atoms with Crippen molar-refractivity contribution in [3.63, 3.8) is 0 Å². The zero-order valence-corrected chi connectivity index (χ0v) is 8.55. The third-order valence-electron chi connectivity index (χ3n) is 2.70. The number of hydrogen-bond donors (Lipinski definition) is 2. The number of rotatable bonds is 3. The van der Waals surface area contributed by atoms with E-state index in [0.29, 0.717) is 12.5 Å². The number of nitrogens with two attached hydrogens (primary N) is 1. The Hall–Kier alpha value is -0.870. The molecule has 0 saturated carbocycles. The van der Waals surface area contributed by atoms with Crippen LogP contribution in [0.3, 0.4) is 0 Å². The molecule has 1 unspecified atom stereocenters. The van der Waals surface area contributed by atoms with Gasteiger partial charge in [0.2, 0.25) is 0 Å². The first-order chi connectivity index (χ1) is 6.81. The Morgan fingerprint density at radius 2 is 2.50 bits per heavy atom. The van der Waals surface area contributed by atoms with Crippen molar-refractivity contribution in [1.82, 2.24) is 9.97 Å². The van der Waals surface area contributed by atoms with Gasteiger partial charge < -0.3 is 15.5 Å². The van der Waals surface area contributed by atoms with Crippen LogP contribution in [0.5, 0.6) is 0 Å². The Balaban J connectivity index is 2.14. The lowest BCUT2D eigenvalue weighted by Gasteiger charge is -2.01. The number of ether oxygens (including phenoxy) is 1. The first kappa shape index (κ1) is 9.68. The second kappa shape index (κ2) is 4.11. The number of nitrogens with one attached hydrogen (secondary N) is 1. The van der Waals surface area contributed by atoms with E-state index in [2.05, 4.69) is 16.9 Å². The van der Waals surface area contributed by atoms with Gasteiger partial charge in [-0.1, -0.05) is 0 Å². The van der Waals surface area contributed by atoms with Crippen molar-refractivity contribution in [3.8, 4) is 0 Å². The number of aromatic nitrogens is 2. The predicted octanol–water partition coefficient (Wildman–Crippen LogP) is 0.723. The molecule has 2 rings (SSSR count). The molecule has 0 aromatic carbocycles. The molecule has 1 saturated heterocycles. The molecule has 1 aromatic heterocycles. The van der Waals surface area contributed by atoms with E-state index in [1.165, 1.54) is 0 Å². The van der Waals surface area contributed by atoms with E-state index in [0.717, 1.165) is 43.3 Å². The van der Waals surface area contributed by atoms with Crippen molar-refractivity contribution in [1.29, 1.82) is 0 Å². The molecule has 0 radical (unpaired) electrons. The van der Waals surface area contributed by atoms with Gasteiger partial charge in [0.15, 0.2) is 0 Å². The summed E-state index contributed by atoms with van der Waals surface area (Å²) in [6, 6.07) is 0. The van der Waals surface area contributed by atoms with Gasteiger partial charge in [-0.15, -0.1) is 0 Å². The van der Waals surface area contributed by atoms with E-state index in [1.54, 1.807) is 0 Å². The molecular formula is C10H17N3O. The SMILES string of the molecule is Cc1[nH]c(C2CCOC2)nc1CCN. The van der Waals surface area contributed by atoms with E-state index >= 15 is 0 Å². The van der Waals surface area contributed by atoms with Crippen LogP contribution >= 0.6 is 0 Å². The molecule has 14 heavy (non-hydrogen) atoms. The summed E-state index contributed by atoms with van der Waals surface area (Å²) in [6.07, 6.45) is 1.94. The molecule has 0 bridgehead atoms. The Bertz CT molecular complexity index is 302. The average Bonchev–Trinajstić information content (AvgIpc) is 2.76. The third-order valence-corrected chi connectivity index (χ3v) is 2.70. The molecule has 78 valence electrons. The summed E-state index contributed by atoms with van der Waals surface area (Å²) in [4.78, 5) is 7.89. The Labute approximate surface area is 83.9 Å². The monoisotopic (exact) mass is 195 g/mol. The summed E-state index contributed by atoms with van der Waals surface area (Å²) in [6.45, 7) is 4.37. The maximum absolute atomic E-state index is 5.51. The van der Waals surface area contributed by atoms with Crippen LogP contribution in [-0.4, -0.2) is 29.7 Å². The van der Waals surface area contributed by atoms with Gasteiger partial charge in [-0.3, -0.25) is 0 Å².